The predicted molar refractivity (Wildman–Crippen MR) is 208 cm³/mol. The molecule has 1 nitrogen and oxygen atoms in total. The molecule has 1 fully saturated rings. The van der Waals surface area contributed by atoms with Crippen molar-refractivity contribution in [1.29, 1.82) is 0 Å². The number of fused-ring (bicyclic) bond motifs is 10. The second-order valence-corrected chi connectivity index (χ2v) is 14.0. The molecule has 0 heterocycles. The van der Waals surface area contributed by atoms with Gasteiger partial charge in [-0.1, -0.05) is 169 Å². The third-order valence-electron chi connectivity index (χ3n) is 11.7. The van der Waals surface area contributed by atoms with Crippen LogP contribution in [-0.4, -0.2) is 0 Å². The molecule has 3 unspecified atom stereocenters. The lowest BCUT2D eigenvalue weighted by molar-refractivity contribution is 0.338. The van der Waals surface area contributed by atoms with Crippen molar-refractivity contribution in [3.05, 3.63) is 217 Å². The molecular formula is C49H37N. The van der Waals surface area contributed by atoms with Crippen molar-refractivity contribution in [1.82, 2.24) is 0 Å². The molecule has 4 aliphatic carbocycles. The van der Waals surface area contributed by atoms with Crippen molar-refractivity contribution in [3.8, 4) is 33.4 Å². The quantitative estimate of drug-likeness (QED) is 0.181. The van der Waals surface area contributed by atoms with Gasteiger partial charge in [0, 0.05) is 40.2 Å². The Kier molecular flexibility index (Phi) is 6.74. The molecule has 1 heteroatoms. The van der Waals surface area contributed by atoms with Crippen molar-refractivity contribution in [2.24, 2.45) is 17.8 Å². The van der Waals surface area contributed by atoms with Gasteiger partial charge in [-0.15, -0.1) is 0 Å². The van der Waals surface area contributed by atoms with E-state index in [2.05, 4.69) is 199 Å². The first-order valence-electron chi connectivity index (χ1n) is 17.9. The minimum Gasteiger partial charge on any atom is -0.314 e. The zero-order valence-corrected chi connectivity index (χ0v) is 27.9. The van der Waals surface area contributed by atoms with Crippen molar-refractivity contribution < 1.29 is 0 Å². The molecule has 3 atom stereocenters. The molecule has 0 amide bonds. The van der Waals surface area contributed by atoms with Gasteiger partial charge in [0.2, 0.25) is 0 Å². The molecule has 6 aromatic carbocycles. The first-order chi connectivity index (χ1) is 24.8. The van der Waals surface area contributed by atoms with Crippen molar-refractivity contribution in [2.75, 3.05) is 4.90 Å². The average Bonchev–Trinajstić information content (AvgIpc) is 3.66. The van der Waals surface area contributed by atoms with E-state index >= 15 is 0 Å². The van der Waals surface area contributed by atoms with Crippen molar-refractivity contribution in [3.63, 3.8) is 0 Å². The van der Waals surface area contributed by atoms with Gasteiger partial charge in [0.1, 0.15) is 0 Å². The second-order valence-electron chi connectivity index (χ2n) is 14.0. The second kappa shape index (κ2) is 11.6. The van der Waals surface area contributed by atoms with Gasteiger partial charge in [-0.05, 0) is 81.3 Å². The summed E-state index contributed by atoms with van der Waals surface area (Å²) in [6, 6.07) is 58.0. The lowest BCUT2D eigenvalue weighted by atomic mass is 9.62. The van der Waals surface area contributed by atoms with E-state index in [4.69, 9.17) is 0 Å². The summed E-state index contributed by atoms with van der Waals surface area (Å²) in [5.74, 6) is 1.07. The highest BCUT2D eigenvalue weighted by molar-refractivity contribution is 5.84. The number of hydrogen-bond donors (Lipinski definition) is 0. The Morgan fingerprint density at radius 3 is 1.50 bits per heavy atom. The van der Waals surface area contributed by atoms with E-state index in [9.17, 15) is 0 Å². The molecule has 0 bridgehead atoms. The SMILES string of the molecule is C1=CC2C3=CC=C(N(c4ccc(-c5ccccc5)cc4)c4ccc(-c5ccccc5)cc4)CC3C3(c4ccccc4-c4ccccc43)C2C=C1. The van der Waals surface area contributed by atoms with Gasteiger partial charge >= 0.3 is 0 Å². The number of anilines is 2. The van der Waals surface area contributed by atoms with Gasteiger partial charge in [0.15, 0.2) is 0 Å². The summed E-state index contributed by atoms with van der Waals surface area (Å²) in [4.78, 5) is 2.50. The van der Waals surface area contributed by atoms with Gasteiger partial charge in [-0.25, -0.2) is 0 Å². The van der Waals surface area contributed by atoms with E-state index in [0.29, 0.717) is 17.8 Å². The summed E-state index contributed by atoms with van der Waals surface area (Å²) in [7, 11) is 0. The van der Waals surface area contributed by atoms with Crippen LogP contribution in [0.2, 0.25) is 0 Å². The van der Waals surface area contributed by atoms with Gasteiger partial charge in [-0.3, -0.25) is 0 Å². The third-order valence-corrected chi connectivity index (χ3v) is 11.7. The molecule has 0 saturated heterocycles. The fraction of sp³-hybridized carbons (Fsp3) is 0.102. The third kappa shape index (κ3) is 4.33. The van der Waals surface area contributed by atoms with Crippen LogP contribution in [0.1, 0.15) is 17.5 Å². The average molecular weight is 640 g/mol. The van der Waals surface area contributed by atoms with Crippen molar-refractivity contribution >= 4 is 11.4 Å². The van der Waals surface area contributed by atoms with Crippen molar-refractivity contribution in [2.45, 2.75) is 11.8 Å². The van der Waals surface area contributed by atoms with Crippen LogP contribution in [0.25, 0.3) is 33.4 Å². The number of benzene rings is 6. The molecule has 1 spiro atoms. The van der Waals surface area contributed by atoms with Gasteiger partial charge in [-0.2, -0.15) is 0 Å². The summed E-state index contributed by atoms with van der Waals surface area (Å²) in [5, 5.41) is 0. The fourth-order valence-corrected chi connectivity index (χ4v) is 9.61. The zero-order valence-electron chi connectivity index (χ0n) is 27.9. The fourth-order valence-electron chi connectivity index (χ4n) is 9.61. The van der Waals surface area contributed by atoms with Crippen LogP contribution in [0.4, 0.5) is 11.4 Å². The smallest absolute Gasteiger partial charge is 0.0458 e. The van der Waals surface area contributed by atoms with Crippen LogP contribution in [0.5, 0.6) is 0 Å². The maximum atomic E-state index is 2.50. The Bertz CT molecular complexity index is 2210. The maximum absolute atomic E-state index is 2.50. The van der Waals surface area contributed by atoms with Crippen LogP contribution < -0.4 is 4.90 Å². The minimum absolute atomic E-state index is 0.134. The minimum atomic E-state index is -0.134. The van der Waals surface area contributed by atoms with E-state index < -0.39 is 0 Å². The first kappa shape index (κ1) is 29.0. The first-order valence-corrected chi connectivity index (χ1v) is 17.9. The molecule has 238 valence electrons. The Labute approximate surface area is 294 Å². The van der Waals surface area contributed by atoms with E-state index in [0.717, 1.165) is 6.42 Å². The molecule has 0 aromatic heterocycles. The molecule has 1 saturated carbocycles. The summed E-state index contributed by atoms with van der Waals surface area (Å²) < 4.78 is 0. The highest BCUT2D eigenvalue weighted by atomic mass is 15.1. The van der Waals surface area contributed by atoms with Gasteiger partial charge < -0.3 is 4.90 Å². The maximum Gasteiger partial charge on any atom is 0.0458 e. The summed E-state index contributed by atoms with van der Waals surface area (Å²) in [6.07, 6.45) is 15.4. The molecule has 10 rings (SSSR count). The molecule has 0 radical (unpaired) electrons. The van der Waals surface area contributed by atoms with E-state index in [-0.39, 0.29) is 5.41 Å². The predicted octanol–water partition coefficient (Wildman–Crippen LogP) is 12.3. The Hall–Kier alpha value is -5.92. The summed E-state index contributed by atoms with van der Waals surface area (Å²) in [6.45, 7) is 0. The molecule has 50 heavy (non-hydrogen) atoms. The lowest BCUT2D eigenvalue weighted by Crippen LogP contribution is -2.38. The molecule has 0 aliphatic heterocycles. The Morgan fingerprint density at radius 1 is 0.460 bits per heavy atom. The Balaban J connectivity index is 1.12. The van der Waals surface area contributed by atoms with Gasteiger partial charge in [0.25, 0.3) is 0 Å². The van der Waals surface area contributed by atoms with Crippen LogP contribution in [0, 0.1) is 17.8 Å². The molecule has 6 aromatic rings. The molecular weight excluding hydrogens is 603 g/mol. The Morgan fingerprint density at radius 2 is 0.940 bits per heavy atom. The van der Waals surface area contributed by atoms with E-state index in [1.807, 2.05) is 0 Å². The summed E-state index contributed by atoms with van der Waals surface area (Å²) in [5.41, 5.74) is 15.8. The normalized spacial score (nSPS) is 20.4. The topological polar surface area (TPSA) is 3.24 Å². The van der Waals surface area contributed by atoms with Gasteiger partial charge in [0.05, 0.1) is 0 Å². The number of nitrogens with zero attached hydrogens (tertiary/aromatic N) is 1. The number of hydrogen-bond acceptors (Lipinski definition) is 1. The summed E-state index contributed by atoms with van der Waals surface area (Å²) >= 11 is 0. The monoisotopic (exact) mass is 639 g/mol. The van der Waals surface area contributed by atoms with E-state index in [1.54, 1.807) is 5.57 Å². The molecule has 4 aliphatic rings. The highest BCUT2D eigenvalue weighted by Gasteiger charge is 2.61. The lowest BCUT2D eigenvalue weighted by Gasteiger charge is -2.41. The highest BCUT2D eigenvalue weighted by Crippen LogP contribution is 2.68. The number of allylic oxidation sites excluding steroid dienone is 8. The van der Waals surface area contributed by atoms with Crippen LogP contribution in [0.3, 0.4) is 0 Å². The largest absolute Gasteiger partial charge is 0.314 e. The van der Waals surface area contributed by atoms with E-state index in [1.165, 1.54) is 61.6 Å². The number of rotatable bonds is 5. The standard InChI is InChI=1S/C49H37N/c1-3-13-34(14-4-1)36-23-27-38(28-24-36)50(39-29-25-37(26-30-39)35-15-5-2-6-16-35)40-31-32-44-43-19-9-12-22-47(43)49(48(44)33-40)45-20-10-7-17-41(45)42-18-8-11-21-46(42)49/h1-32,43,47-48H,33H2. The molecule has 0 N–H and O–H groups in total. The van der Waals surface area contributed by atoms with Crippen LogP contribution >= 0.6 is 0 Å². The van der Waals surface area contributed by atoms with Crippen LogP contribution in [0.15, 0.2) is 205 Å². The van der Waals surface area contributed by atoms with Crippen LogP contribution in [-0.2, 0) is 5.41 Å². The zero-order chi connectivity index (χ0) is 33.1.